The standard InChI is InChI=1S/C46H28N2/c1-3-15-31-28(12-1)29-13-2-8-20-36(29)46-44(31)38-25-24-27(26-41(38)48-46)42-32-16-4-6-18-34(32)43(35-19-7-5-17-33(35)42)39-22-11-21-37-30-14-9-10-23-40(30)47-45(37)39/h1-26,47-48H. The highest BCUT2D eigenvalue weighted by atomic mass is 14.7. The molecule has 2 heterocycles. The molecule has 0 aliphatic rings. The zero-order valence-electron chi connectivity index (χ0n) is 26.0. The molecule has 0 aliphatic carbocycles. The van der Waals surface area contributed by atoms with Crippen LogP contribution in [0, 0.1) is 0 Å². The molecule has 0 saturated heterocycles. The first-order chi connectivity index (χ1) is 23.8. The van der Waals surface area contributed by atoms with E-state index in [9.17, 15) is 0 Å². The van der Waals surface area contributed by atoms with E-state index in [4.69, 9.17) is 0 Å². The van der Waals surface area contributed by atoms with Crippen molar-refractivity contribution >= 4 is 86.7 Å². The number of H-pyrrole nitrogens is 2. The molecule has 0 radical (unpaired) electrons. The monoisotopic (exact) mass is 608 g/mol. The van der Waals surface area contributed by atoms with Crippen molar-refractivity contribution in [2.24, 2.45) is 0 Å². The lowest BCUT2D eigenvalue weighted by molar-refractivity contribution is 1.54. The minimum atomic E-state index is 1.16. The van der Waals surface area contributed by atoms with Gasteiger partial charge >= 0.3 is 0 Å². The Morgan fingerprint density at radius 1 is 0.292 bits per heavy atom. The van der Waals surface area contributed by atoms with Gasteiger partial charge in [0.1, 0.15) is 0 Å². The summed E-state index contributed by atoms with van der Waals surface area (Å²) in [5.41, 5.74) is 9.68. The summed E-state index contributed by atoms with van der Waals surface area (Å²) in [6.45, 7) is 0. The molecule has 222 valence electrons. The highest BCUT2D eigenvalue weighted by molar-refractivity contribution is 6.32. The van der Waals surface area contributed by atoms with E-state index in [-0.39, 0.29) is 0 Å². The molecule has 0 amide bonds. The van der Waals surface area contributed by atoms with Crippen LogP contribution in [0.3, 0.4) is 0 Å². The molecule has 2 N–H and O–H groups in total. The molecule has 0 saturated carbocycles. The van der Waals surface area contributed by atoms with E-state index in [0.29, 0.717) is 0 Å². The summed E-state index contributed by atoms with van der Waals surface area (Å²) < 4.78 is 0. The second kappa shape index (κ2) is 9.57. The van der Waals surface area contributed by atoms with Crippen LogP contribution >= 0.6 is 0 Å². The lowest BCUT2D eigenvalue weighted by Gasteiger charge is -2.18. The van der Waals surface area contributed by atoms with Gasteiger partial charge in [0.2, 0.25) is 0 Å². The van der Waals surface area contributed by atoms with Gasteiger partial charge in [0.15, 0.2) is 0 Å². The first-order valence-corrected chi connectivity index (χ1v) is 16.6. The summed E-state index contributed by atoms with van der Waals surface area (Å²) in [5.74, 6) is 0. The molecule has 0 bridgehead atoms. The van der Waals surface area contributed by atoms with Crippen molar-refractivity contribution in [1.82, 2.24) is 9.97 Å². The third-order valence-electron chi connectivity index (χ3n) is 10.5. The van der Waals surface area contributed by atoms with Crippen molar-refractivity contribution in [2.45, 2.75) is 0 Å². The van der Waals surface area contributed by atoms with Gasteiger partial charge in [0.05, 0.1) is 11.0 Å². The number of benzene rings is 9. The third kappa shape index (κ3) is 3.41. The Labute approximate surface area is 275 Å². The van der Waals surface area contributed by atoms with Gasteiger partial charge in [-0.25, -0.2) is 0 Å². The molecule has 11 aromatic rings. The second-order valence-electron chi connectivity index (χ2n) is 13.0. The molecule has 0 atom stereocenters. The second-order valence-corrected chi connectivity index (χ2v) is 13.0. The Morgan fingerprint density at radius 3 is 1.50 bits per heavy atom. The SMILES string of the molecule is c1ccc2c(c1)[nH]c1c(-c3c4ccccc4c(-c4ccc5c(c4)[nH]c4c6ccccc6c6ccccc6c54)c4ccccc34)cccc12. The summed E-state index contributed by atoms with van der Waals surface area (Å²) in [6.07, 6.45) is 0. The summed E-state index contributed by atoms with van der Waals surface area (Å²) in [5, 5.41) is 15.2. The van der Waals surface area contributed by atoms with Crippen LogP contribution in [0.2, 0.25) is 0 Å². The zero-order valence-corrected chi connectivity index (χ0v) is 26.0. The molecule has 0 spiro atoms. The van der Waals surface area contributed by atoms with Crippen molar-refractivity contribution in [3.8, 4) is 22.3 Å². The molecule has 2 heteroatoms. The minimum absolute atomic E-state index is 1.16. The van der Waals surface area contributed by atoms with E-state index in [2.05, 4.69) is 168 Å². The van der Waals surface area contributed by atoms with Gasteiger partial charge in [-0.15, -0.1) is 0 Å². The lowest BCUT2D eigenvalue weighted by Crippen LogP contribution is -1.91. The Balaban J connectivity index is 1.23. The van der Waals surface area contributed by atoms with Gasteiger partial charge in [0.25, 0.3) is 0 Å². The number of hydrogen-bond acceptors (Lipinski definition) is 0. The van der Waals surface area contributed by atoms with Crippen molar-refractivity contribution in [1.29, 1.82) is 0 Å². The number of hydrogen-bond donors (Lipinski definition) is 2. The molecule has 0 aliphatic heterocycles. The van der Waals surface area contributed by atoms with E-state index < -0.39 is 0 Å². The van der Waals surface area contributed by atoms with Gasteiger partial charge in [-0.05, 0) is 66.5 Å². The smallest absolute Gasteiger partial charge is 0.0551 e. The molecule has 2 nitrogen and oxygen atoms in total. The fraction of sp³-hybridized carbons (Fsp3) is 0. The first kappa shape index (κ1) is 25.8. The fourth-order valence-electron chi connectivity index (χ4n) is 8.52. The summed E-state index contributed by atoms with van der Waals surface area (Å²) in [6, 6.07) is 57.8. The van der Waals surface area contributed by atoms with Crippen molar-refractivity contribution in [3.63, 3.8) is 0 Å². The van der Waals surface area contributed by atoms with E-state index in [1.165, 1.54) is 97.9 Å². The van der Waals surface area contributed by atoms with E-state index in [1.54, 1.807) is 0 Å². The van der Waals surface area contributed by atoms with Crippen molar-refractivity contribution in [2.75, 3.05) is 0 Å². The number of aromatic nitrogens is 2. The Morgan fingerprint density at radius 2 is 0.792 bits per heavy atom. The fourth-order valence-corrected chi connectivity index (χ4v) is 8.52. The topological polar surface area (TPSA) is 31.6 Å². The maximum absolute atomic E-state index is 3.89. The lowest BCUT2D eigenvalue weighted by atomic mass is 9.85. The summed E-state index contributed by atoms with van der Waals surface area (Å²) in [4.78, 5) is 7.66. The summed E-state index contributed by atoms with van der Waals surface area (Å²) in [7, 11) is 0. The molecule has 2 aromatic heterocycles. The van der Waals surface area contributed by atoms with Crippen LogP contribution in [-0.4, -0.2) is 9.97 Å². The summed E-state index contributed by atoms with van der Waals surface area (Å²) >= 11 is 0. The van der Waals surface area contributed by atoms with Gasteiger partial charge in [-0.1, -0.05) is 146 Å². The molecular weight excluding hydrogens is 581 g/mol. The average Bonchev–Trinajstić information content (AvgIpc) is 3.73. The minimum Gasteiger partial charge on any atom is -0.354 e. The quantitative estimate of drug-likeness (QED) is 0.145. The van der Waals surface area contributed by atoms with Crippen molar-refractivity contribution in [3.05, 3.63) is 158 Å². The highest BCUT2D eigenvalue weighted by Gasteiger charge is 2.20. The van der Waals surface area contributed by atoms with Gasteiger partial charge in [-0.2, -0.15) is 0 Å². The van der Waals surface area contributed by atoms with Crippen molar-refractivity contribution < 1.29 is 0 Å². The number of nitrogens with one attached hydrogen (secondary N) is 2. The first-order valence-electron chi connectivity index (χ1n) is 16.6. The number of para-hydroxylation sites is 2. The predicted molar refractivity (Wildman–Crippen MR) is 206 cm³/mol. The molecule has 11 rings (SSSR count). The van der Waals surface area contributed by atoms with Gasteiger partial charge < -0.3 is 9.97 Å². The van der Waals surface area contributed by atoms with Gasteiger partial charge in [-0.3, -0.25) is 0 Å². The Kier molecular flexibility index (Phi) is 5.14. The number of rotatable bonds is 2. The molecule has 48 heavy (non-hydrogen) atoms. The number of aromatic amines is 2. The van der Waals surface area contributed by atoms with Crippen LogP contribution in [0.25, 0.3) is 109 Å². The van der Waals surface area contributed by atoms with Crippen LogP contribution in [0.15, 0.2) is 158 Å². The Hall–Kier alpha value is -6.38. The van der Waals surface area contributed by atoms with Crippen LogP contribution in [0.4, 0.5) is 0 Å². The molecule has 0 fully saturated rings. The molecule has 9 aromatic carbocycles. The van der Waals surface area contributed by atoms with E-state index in [0.717, 1.165) is 11.0 Å². The number of fused-ring (bicyclic) bond motifs is 13. The maximum atomic E-state index is 3.89. The zero-order chi connectivity index (χ0) is 31.3. The van der Waals surface area contributed by atoms with E-state index in [1.807, 2.05) is 0 Å². The molecule has 0 unspecified atom stereocenters. The normalized spacial score (nSPS) is 12.2. The average molecular weight is 609 g/mol. The highest BCUT2D eigenvalue weighted by Crippen LogP contribution is 2.47. The van der Waals surface area contributed by atoms with Crippen LogP contribution < -0.4 is 0 Å². The third-order valence-corrected chi connectivity index (χ3v) is 10.5. The largest absolute Gasteiger partial charge is 0.354 e. The van der Waals surface area contributed by atoms with Gasteiger partial charge in [0, 0.05) is 43.5 Å². The molecular formula is C46H28N2. The van der Waals surface area contributed by atoms with Crippen LogP contribution in [0.5, 0.6) is 0 Å². The van der Waals surface area contributed by atoms with Crippen LogP contribution in [-0.2, 0) is 0 Å². The Bertz CT molecular complexity index is 3060. The predicted octanol–water partition coefficient (Wildman–Crippen LogP) is 12.9. The maximum Gasteiger partial charge on any atom is 0.0551 e. The van der Waals surface area contributed by atoms with E-state index >= 15 is 0 Å². The van der Waals surface area contributed by atoms with Crippen LogP contribution in [0.1, 0.15) is 0 Å².